The van der Waals surface area contributed by atoms with E-state index in [0.717, 1.165) is 9.13 Å². The molecule has 7 nitrogen and oxygen atoms in total. The summed E-state index contributed by atoms with van der Waals surface area (Å²) in [7, 11) is 0. The van der Waals surface area contributed by atoms with E-state index in [9.17, 15) is 45.1 Å². The number of anilines is 1. The van der Waals surface area contributed by atoms with Gasteiger partial charge in [-0.1, -0.05) is 29.8 Å². The van der Waals surface area contributed by atoms with Gasteiger partial charge in [0, 0.05) is 35.2 Å². The summed E-state index contributed by atoms with van der Waals surface area (Å²) < 4.78 is 113. The van der Waals surface area contributed by atoms with Gasteiger partial charge in [0.15, 0.2) is 0 Å². The van der Waals surface area contributed by atoms with Crippen molar-refractivity contribution in [2.75, 3.05) is 17.3 Å². The summed E-state index contributed by atoms with van der Waals surface area (Å²) in [5, 5.41) is 5.58. The average molecular weight is 749 g/mol. The van der Waals surface area contributed by atoms with E-state index in [1.807, 2.05) is 6.26 Å². The highest BCUT2D eigenvalue weighted by atomic mass is 35.5. The molecule has 1 fully saturated rings. The number of nitrogens with one attached hydrogen (secondary N) is 2. The van der Waals surface area contributed by atoms with E-state index >= 15 is 4.39 Å². The predicted molar refractivity (Wildman–Crippen MR) is 174 cm³/mol. The molecule has 1 atom stereocenters. The summed E-state index contributed by atoms with van der Waals surface area (Å²) in [6.45, 7) is 3.12. The second kappa shape index (κ2) is 13.6. The van der Waals surface area contributed by atoms with Gasteiger partial charge in [-0.2, -0.15) is 38.1 Å². The first-order chi connectivity index (χ1) is 23.3. The standard InChI is InChI=1S/C33H29ClF8N4O3S/c1-16-11-18(7-10-24(16)44-28(47)20-5-4-6-22(34)27(20)29(48)43-17(2)15-50-3)14-45-25-13-23(35)21(31(36,32(37,38)39)33(40,41)42)12-26(25)46(30(45)49)19-8-9-19/h4-7,10-13,17,19H,8-9,14-15H2,1-3H3,(H,43,48)(H,44,47)/t17-/m0/s1. The molecule has 1 aliphatic rings. The molecule has 0 bridgehead atoms. The molecule has 0 unspecified atom stereocenters. The highest BCUT2D eigenvalue weighted by molar-refractivity contribution is 7.98. The number of hydrogen-bond acceptors (Lipinski definition) is 4. The SMILES string of the molecule is CSC[C@H](C)NC(=O)c1c(Cl)cccc1C(=O)Nc1ccc(Cn2c(=O)n(C3CC3)c3cc(C(F)(C(F)(F)F)C(F)(F)F)c(F)cc32)cc1C. The first-order valence-corrected chi connectivity index (χ1v) is 16.8. The molecule has 0 radical (unpaired) electrons. The van der Waals surface area contributed by atoms with Gasteiger partial charge in [-0.3, -0.25) is 18.7 Å². The second-order valence-corrected chi connectivity index (χ2v) is 13.4. The molecule has 2 N–H and O–H groups in total. The number of alkyl halides is 7. The van der Waals surface area contributed by atoms with Gasteiger partial charge in [-0.25, -0.2) is 13.6 Å². The van der Waals surface area contributed by atoms with Crippen molar-refractivity contribution in [3.63, 3.8) is 0 Å². The third-order valence-corrected chi connectivity index (χ3v) is 9.42. The number of nitrogens with zero attached hydrogens (tertiary/aromatic N) is 2. The highest BCUT2D eigenvalue weighted by Gasteiger charge is 2.74. The fraction of sp³-hybridized carbons (Fsp3) is 0.364. The Morgan fingerprint density at radius 1 is 0.980 bits per heavy atom. The summed E-state index contributed by atoms with van der Waals surface area (Å²) in [5.74, 6) is -2.69. The topological polar surface area (TPSA) is 85.1 Å². The van der Waals surface area contributed by atoms with Crippen LogP contribution in [0.15, 0.2) is 53.3 Å². The van der Waals surface area contributed by atoms with Crippen LogP contribution in [0.25, 0.3) is 11.0 Å². The summed E-state index contributed by atoms with van der Waals surface area (Å²) in [5.41, 5.74) is -8.79. The number of fused-ring (bicyclic) bond motifs is 1. The van der Waals surface area contributed by atoms with Crippen molar-refractivity contribution in [1.82, 2.24) is 14.5 Å². The van der Waals surface area contributed by atoms with E-state index in [-0.39, 0.29) is 40.3 Å². The molecule has 0 saturated heterocycles. The maximum absolute atomic E-state index is 15.1. The van der Waals surface area contributed by atoms with Crippen LogP contribution in [0.3, 0.4) is 0 Å². The molecule has 268 valence electrons. The van der Waals surface area contributed by atoms with Gasteiger partial charge in [0.1, 0.15) is 5.82 Å². The first-order valence-electron chi connectivity index (χ1n) is 15.1. The number of thioether (sulfide) groups is 1. The molecule has 2 amide bonds. The van der Waals surface area contributed by atoms with Crippen LogP contribution in [0.5, 0.6) is 0 Å². The molecule has 1 heterocycles. The molecule has 3 aromatic carbocycles. The fourth-order valence-electron chi connectivity index (χ4n) is 5.73. The first kappa shape index (κ1) is 37.2. The number of carbonyl (C=O) groups is 2. The van der Waals surface area contributed by atoms with E-state index in [2.05, 4.69) is 10.6 Å². The van der Waals surface area contributed by atoms with E-state index < -0.39 is 58.5 Å². The lowest BCUT2D eigenvalue weighted by Crippen LogP contribution is -2.51. The van der Waals surface area contributed by atoms with Crippen LogP contribution < -0.4 is 16.3 Å². The Labute approximate surface area is 289 Å². The van der Waals surface area contributed by atoms with E-state index in [1.54, 1.807) is 19.9 Å². The third kappa shape index (κ3) is 6.83. The van der Waals surface area contributed by atoms with Crippen LogP contribution >= 0.6 is 23.4 Å². The summed E-state index contributed by atoms with van der Waals surface area (Å²) >= 11 is 7.83. The Hall–Kier alpha value is -4.05. The molecule has 5 rings (SSSR count). The Kier molecular flexibility index (Phi) is 10.1. The van der Waals surface area contributed by atoms with E-state index in [1.165, 1.54) is 42.1 Å². The smallest absolute Gasteiger partial charge is 0.349 e. The van der Waals surface area contributed by atoms with Crippen LogP contribution in [0.2, 0.25) is 5.02 Å². The summed E-state index contributed by atoms with van der Waals surface area (Å²) in [6.07, 6.45) is -10.5. The molecule has 1 aromatic heterocycles. The molecule has 50 heavy (non-hydrogen) atoms. The van der Waals surface area contributed by atoms with Crippen molar-refractivity contribution < 1.29 is 44.7 Å². The third-order valence-electron chi connectivity index (χ3n) is 8.28. The molecule has 17 heteroatoms. The second-order valence-electron chi connectivity index (χ2n) is 12.0. The van der Waals surface area contributed by atoms with E-state index in [0.29, 0.717) is 41.5 Å². The monoisotopic (exact) mass is 748 g/mol. The normalized spacial score (nSPS) is 14.6. The van der Waals surface area contributed by atoms with Crippen LogP contribution in [-0.4, -0.2) is 51.4 Å². The molecular weight excluding hydrogens is 720 g/mol. The molecule has 4 aromatic rings. The number of carbonyl (C=O) groups excluding carboxylic acids is 2. The predicted octanol–water partition coefficient (Wildman–Crippen LogP) is 8.31. The van der Waals surface area contributed by atoms with E-state index in [4.69, 9.17) is 11.6 Å². The van der Waals surface area contributed by atoms with Gasteiger partial charge >= 0.3 is 23.7 Å². The Balaban J connectivity index is 1.47. The van der Waals surface area contributed by atoms with Gasteiger partial charge in [0.2, 0.25) is 0 Å². The number of amides is 2. The Bertz CT molecular complexity index is 2020. The van der Waals surface area contributed by atoms with Crippen molar-refractivity contribution in [2.45, 2.75) is 63.3 Å². The van der Waals surface area contributed by atoms with Crippen LogP contribution in [0, 0.1) is 12.7 Å². The zero-order chi connectivity index (χ0) is 36.9. The number of benzene rings is 3. The van der Waals surface area contributed by atoms with Gasteiger partial charge in [-0.05, 0) is 68.3 Å². The van der Waals surface area contributed by atoms with Crippen molar-refractivity contribution in [2.24, 2.45) is 0 Å². The number of rotatable bonds is 10. The summed E-state index contributed by atoms with van der Waals surface area (Å²) in [6, 6.07) is 8.58. The van der Waals surface area contributed by atoms with Gasteiger partial charge in [0.25, 0.3) is 11.8 Å². The molecule has 0 spiro atoms. The Morgan fingerprint density at radius 3 is 2.22 bits per heavy atom. The fourth-order valence-corrected chi connectivity index (χ4v) is 6.58. The minimum atomic E-state index is -6.55. The van der Waals surface area contributed by atoms with Crippen molar-refractivity contribution in [3.05, 3.63) is 97.7 Å². The van der Waals surface area contributed by atoms with Crippen molar-refractivity contribution in [1.29, 1.82) is 0 Å². The van der Waals surface area contributed by atoms with Gasteiger partial charge in [0.05, 0.1) is 33.7 Å². The number of imidazole rings is 1. The molecule has 0 aliphatic heterocycles. The van der Waals surface area contributed by atoms with Crippen molar-refractivity contribution >= 4 is 51.9 Å². The highest BCUT2D eigenvalue weighted by Crippen LogP contribution is 2.54. The zero-order valence-electron chi connectivity index (χ0n) is 26.5. The van der Waals surface area contributed by atoms with Crippen LogP contribution in [-0.2, 0) is 12.2 Å². The number of aromatic nitrogens is 2. The molecular formula is C33H29ClF8N4O3S. The molecule has 1 aliphatic carbocycles. The van der Waals surface area contributed by atoms with Crippen LogP contribution in [0.4, 0.5) is 40.8 Å². The minimum Gasteiger partial charge on any atom is -0.349 e. The van der Waals surface area contributed by atoms with Crippen molar-refractivity contribution in [3.8, 4) is 0 Å². The maximum Gasteiger partial charge on any atom is 0.436 e. The summed E-state index contributed by atoms with van der Waals surface area (Å²) in [4.78, 5) is 39.8. The quantitative estimate of drug-likeness (QED) is 0.160. The van der Waals surface area contributed by atoms with Gasteiger partial charge in [-0.15, -0.1) is 0 Å². The number of aryl methyl sites for hydroxylation is 1. The Morgan fingerprint density at radius 2 is 1.64 bits per heavy atom. The number of halogens is 9. The zero-order valence-corrected chi connectivity index (χ0v) is 28.1. The maximum atomic E-state index is 15.1. The molecule has 1 saturated carbocycles. The lowest BCUT2D eigenvalue weighted by molar-refractivity contribution is -0.349. The van der Waals surface area contributed by atoms with Gasteiger partial charge < -0.3 is 10.6 Å². The average Bonchev–Trinajstić information content (AvgIpc) is 3.81. The largest absolute Gasteiger partial charge is 0.436 e. The lowest BCUT2D eigenvalue weighted by Gasteiger charge is -2.30. The minimum absolute atomic E-state index is 0.00371. The lowest BCUT2D eigenvalue weighted by atomic mass is 9.93. The van der Waals surface area contributed by atoms with Crippen LogP contribution in [0.1, 0.15) is 63.2 Å². The number of hydrogen-bond donors (Lipinski definition) is 2.